The number of rotatable bonds is 6. The number of carbonyl (C=O) groups is 3. The van der Waals surface area contributed by atoms with Crippen molar-refractivity contribution in [2.24, 2.45) is 23.7 Å². The number of anilines is 2. The van der Waals surface area contributed by atoms with Crippen molar-refractivity contribution in [2.75, 3.05) is 10.2 Å². The minimum Gasteiger partial charge on any atom is -0.321 e. The Morgan fingerprint density at radius 1 is 0.811 bits per heavy atom. The summed E-state index contributed by atoms with van der Waals surface area (Å²) in [4.78, 5) is 41.5. The number of hydrogen-bond donors (Lipinski definition) is 1. The highest BCUT2D eigenvalue weighted by Gasteiger charge is 2.64. The van der Waals surface area contributed by atoms with E-state index < -0.39 is 0 Å². The number of amides is 3. The molecule has 0 spiro atoms. The number of hydrogen-bond acceptors (Lipinski definition) is 3. The lowest BCUT2D eigenvalue weighted by Gasteiger charge is -2.28. The van der Waals surface area contributed by atoms with Crippen LogP contribution in [0.5, 0.6) is 0 Å². The lowest BCUT2D eigenvalue weighted by Crippen LogP contribution is -2.33. The fraction of sp³-hybridized carbons (Fsp3) is 0.344. The smallest absolute Gasteiger partial charge is 0.255 e. The van der Waals surface area contributed by atoms with Crippen molar-refractivity contribution < 1.29 is 14.4 Å². The van der Waals surface area contributed by atoms with Gasteiger partial charge >= 0.3 is 0 Å². The van der Waals surface area contributed by atoms with Gasteiger partial charge in [0.15, 0.2) is 0 Å². The number of nitrogens with zero attached hydrogens (tertiary/aromatic N) is 1. The van der Waals surface area contributed by atoms with Crippen molar-refractivity contribution >= 4 is 29.1 Å². The molecular formula is C32H32N2O3. The average Bonchev–Trinajstić information content (AvgIpc) is 3.60. The summed E-state index contributed by atoms with van der Waals surface area (Å²) in [6.45, 7) is 4.15. The van der Waals surface area contributed by atoms with Crippen LogP contribution in [-0.4, -0.2) is 17.7 Å². The van der Waals surface area contributed by atoms with Crippen LogP contribution in [0.4, 0.5) is 11.4 Å². The molecule has 1 saturated heterocycles. The second kappa shape index (κ2) is 9.29. The molecule has 37 heavy (non-hydrogen) atoms. The molecule has 0 aromatic heterocycles. The Morgan fingerprint density at radius 2 is 1.46 bits per heavy atom. The van der Waals surface area contributed by atoms with E-state index in [0.717, 1.165) is 42.5 Å². The molecule has 188 valence electrons. The monoisotopic (exact) mass is 492 g/mol. The quantitative estimate of drug-likeness (QED) is 0.430. The molecule has 3 aromatic carbocycles. The van der Waals surface area contributed by atoms with Crippen LogP contribution in [0.3, 0.4) is 0 Å². The van der Waals surface area contributed by atoms with Gasteiger partial charge in [-0.25, -0.2) is 0 Å². The molecule has 1 aliphatic heterocycles. The Hall–Kier alpha value is -3.73. The van der Waals surface area contributed by atoms with Crippen LogP contribution in [-0.2, 0) is 22.4 Å². The maximum Gasteiger partial charge on any atom is 0.255 e. The third kappa shape index (κ3) is 3.79. The van der Waals surface area contributed by atoms with E-state index in [-0.39, 0.29) is 41.4 Å². The summed E-state index contributed by atoms with van der Waals surface area (Å²) in [7, 11) is 0. The van der Waals surface area contributed by atoms with E-state index >= 15 is 0 Å². The van der Waals surface area contributed by atoms with Gasteiger partial charge in [-0.15, -0.1) is 0 Å². The Morgan fingerprint density at radius 3 is 2.11 bits per heavy atom. The van der Waals surface area contributed by atoms with Crippen LogP contribution in [0.1, 0.15) is 59.7 Å². The molecule has 3 fully saturated rings. The van der Waals surface area contributed by atoms with Crippen LogP contribution in [0.15, 0.2) is 72.8 Å². The van der Waals surface area contributed by atoms with E-state index in [2.05, 4.69) is 31.3 Å². The zero-order valence-corrected chi connectivity index (χ0v) is 21.3. The largest absolute Gasteiger partial charge is 0.321 e. The topological polar surface area (TPSA) is 66.5 Å². The molecule has 3 aromatic rings. The Kier molecular flexibility index (Phi) is 5.94. The minimum absolute atomic E-state index is 0.0735. The molecule has 5 atom stereocenters. The molecule has 0 radical (unpaired) electrons. The van der Waals surface area contributed by atoms with Gasteiger partial charge in [-0.05, 0) is 84.4 Å². The van der Waals surface area contributed by atoms with Crippen LogP contribution >= 0.6 is 0 Å². The molecular weight excluding hydrogens is 460 g/mol. The molecule has 0 unspecified atom stereocenters. The number of fused-ring (bicyclic) bond motifs is 5. The van der Waals surface area contributed by atoms with Crippen LogP contribution in [0.25, 0.3) is 0 Å². The van der Waals surface area contributed by atoms with Crippen molar-refractivity contribution in [1.82, 2.24) is 0 Å². The van der Waals surface area contributed by atoms with E-state index in [4.69, 9.17) is 0 Å². The number of imide groups is 1. The predicted octanol–water partition coefficient (Wildman–Crippen LogP) is 5.99. The first-order valence-corrected chi connectivity index (χ1v) is 13.5. The first kappa shape index (κ1) is 23.7. The standard InChI is InChI=1S/C32H32N2O3/c1-3-19-11-8-12-20(4-2)29(19)33-30(35)22-13-15-24(16-14-22)34-31(36)27-23-17-25(21-9-6-5-7-10-21)26(18-23)28(27)32(34)37/h5-16,23,25-28H,3-4,17-18H2,1-2H3,(H,33,35)/t23-,25+,26+,27+,28-/m0/s1. The summed E-state index contributed by atoms with van der Waals surface area (Å²) in [5.74, 6) is 0.0285. The first-order chi connectivity index (χ1) is 18.0. The van der Waals surface area contributed by atoms with Gasteiger partial charge < -0.3 is 5.32 Å². The van der Waals surface area contributed by atoms with Crippen LogP contribution in [0, 0.1) is 23.7 Å². The minimum atomic E-state index is -0.238. The van der Waals surface area contributed by atoms with Gasteiger partial charge in [0.1, 0.15) is 0 Å². The Bertz CT molecular complexity index is 1340. The third-order valence-electron chi connectivity index (χ3n) is 8.87. The first-order valence-electron chi connectivity index (χ1n) is 13.5. The van der Waals surface area contributed by atoms with Crippen molar-refractivity contribution in [1.29, 1.82) is 0 Å². The zero-order valence-electron chi connectivity index (χ0n) is 21.3. The van der Waals surface area contributed by atoms with Gasteiger partial charge in [-0.1, -0.05) is 62.4 Å². The molecule has 2 aliphatic carbocycles. The van der Waals surface area contributed by atoms with Crippen molar-refractivity contribution in [2.45, 2.75) is 45.4 Å². The maximum atomic E-state index is 13.6. The molecule has 6 rings (SSSR count). The van der Waals surface area contributed by atoms with Crippen LogP contribution in [0.2, 0.25) is 0 Å². The van der Waals surface area contributed by atoms with Crippen molar-refractivity contribution in [3.05, 3.63) is 95.1 Å². The predicted molar refractivity (Wildman–Crippen MR) is 144 cm³/mol. The molecule has 3 aliphatic rings. The summed E-state index contributed by atoms with van der Waals surface area (Å²) >= 11 is 0. The average molecular weight is 493 g/mol. The fourth-order valence-electron chi connectivity index (χ4n) is 7.15. The number of nitrogens with one attached hydrogen (secondary N) is 1. The molecule has 5 nitrogen and oxygen atoms in total. The molecule has 5 heteroatoms. The van der Waals surface area contributed by atoms with Gasteiger partial charge in [0.2, 0.25) is 11.8 Å². The second-order valence-corrected chi connectivity index (χ2v) is 10.6. The third-order valence-corrected chi connectivity index (χ3v) is 8.87. The van der Waals surface area contributed by atoms with Gasteiger partial charge in [-0.3, -0.25) is 19.3 Å². The highest BCUT2D eigenvalue weighted by Crippen LogP contribution is 2.61. The summed E-state index contributed by atoms with van der Waals surface area (Å²) in [6.07, 6.45) is 3.59. The van der Waals surface area contributed by atoms with E-state index in [1.54, 1.807) is 24.3 Å². The van der Waals surface area contributed by atoms with E-state index in [0.29, 0.717) is 17.2 Å². The van der Waals surface area contributed by atoms with Crippen LogP contribution < -0.4 is 10.2 Å². The zero-order chi connectivity index (χ0) is 25.7. The molecule has 3 amide bonds. The number of benzene rings is 3. The van der Waals surface area contributed by atoms with Gasteiger partial charge in [0.25, 0.3) is 5.91 Å². The Balaban J connectivity index is 1.21. The lowest BCUT2D eigenvalue weighted by atomic mass is 9.73. The normalized spacial score (nSPS) is 26.0. The molecule has 2 bridgehead atoms. The number of para-hydroxylation sites is 1. The van der Waals surface area contributed by atoms with E-state index in [9.17, 15) is 14.4 Å². The van der Waals surface area contributed by atoms with E-state index in [1.807, 2.05) is 36.4 Å². The molecule has 1 heterocycles. The fourth-order valence-corrected chi connectivity index (χ4v) is 7.15. The highest BCUT2D eigenvalue weighted by molar-refractivity contribution is 6.22. The summed E-state index contributed by atoms with van der Waals surface area (Å²) in [5, 5.41) is 3.09. The highest BCUT2D eigenvalue weighted by atomic mass is 16.2. The van der Waals surface area contributed by atoms with Crippen molar-refractivity contribution in [3.8, 4) is 0 Å². The van der Waals surface area contributed by atoms with Gasteiger partial charge in [0.05, 0.1) is 17.5 Å². The summed E-state index contributed by atoms with van der Waals surface area (Å²) < 4.78 is 0. The molecule has 2 saturated carbocycles. The SMILES string of the molecule is CCc1cccc(CC)c1NC(=O)c1ccc(N2C(=O)[C@@H]3[C@@H]4C[C@@H]([C@@H]3C2=O)[C@@H](c2ccccc2)C4)cc1. The summed E-state index contributed by atoms with van der Waals surface area (Å²) in [5.41, 5.74) is 5.42. The number of carbonyl (C=O) groups excluding carboxylic acids is 3. The van der Waals surface area contributed by atoms with Gasteiger partial charge in [0, 0.05) is 11.3 Å². The Labute approximate surface area is 217 Å². The lowest BCUT2D eigenvalue weighted by molar-refractivity contribution is -0.123. The molecule has 1 N–H and O–H groups in total. The van der Waals surface area contributed by atoms with Crippen molar-refractivity contribution in [3.63, 3.8) is 0 Å². The number of aryl methyl sites for hydroxylation is 2. The van der Waals surface area contributed by atoms with Gasteiger partial charge in [-0.2, -0.15) is 0 Å². The maximum absolute atomic E-state index is 13.6. The summed E-state index contributed by atoms with van der Waals surface area (Å²) in [6, 6.07) is 23.4. The van der Waals surface area contributed by atoms with E-state index in [1.165, 1.54) is 10.5 Å². The second-order valence-electron chi connectivity index (χ2n) is 10.6.